The van der Waals surface area contributed by atoms with Crippen molar-refractivity contribution in [2.24, 2.45) is 0 Å². The second kappa shape index (κ2) is 8.62. The molecule has 0 aliphatic rings. The molecule has 4 nitrogen and oxygen atoms in total. The second-order valence-corrected chi connectivity index (χ2v) is 6.67. The minimum Gasteiger partial charge on any atom is -0.351 e. The average Bonchev–Trinajstić information content (AvgIpc) is 3.13. The molecule has 0 fully saturated rings. The van der Waals surface area contributed by atoms with Crippen molar-refractivity contribution in [1.82, 2.24) is 15.5 Å². The van der Waals surface area contributed by atoms with Gasteiger partial charge in [-0.1, -0.05) is 18.2 Å². The second-order valence-electron chi connectivity index (χ2n) is 5.57. The van der Waals surface area contributed by atoms with Gasteiger partial charge in [0.2, 0.25) is 0 Å². The highest BCUT2D eigenvalue weighted by Crippen LogP contribution is 2.21. The van der Waals surface area contributed by atoms with Crippen LogP contribution < -0.4 is 5.32 Å². The summed E-state index contributed by atoms with van der Waals surface area (Å²) in [5.41, 5.74) is 2.28. The number of nitrogens with one attached hydrogen (secondary N) is 2. The molecule has 1 heterocycles. The fraction of sp³-hybridized carbons (Fsp3) is 0.158. The molecular formula is C19H17F2N3OS. The Bertz CT molecular complexity index is 881. The lowest BCUT2D eigenvalue weighted by atomic mass is 10.1. The van der Waals surface area contributed by atoms with Gasteiger partial charge in [0.15, 0.2) is 0 Å². The van der Waals surface area contributed by atoms with Crippen LogP contribution in [0.4, 0.5) is 8.78 Å². The lowest BCUT2D eigenvalue weighted by Gasteiger charge is -2.07. The van der Waals surface area contributed by atoms with Gasteiger partial charge < -0.3 is 5.32 Å². The molecule has 0 saturated heterocycles. The molecule has 2 N–H and O–H groups in total. The number of amides is 1. The van der Waals surface area contributed by atoms with E-state index in [9.17, 15) is 13.6 Å². The quantitative estimate of drug-likeness (QED) is 0.615. The largest absolute Gasteiger partial charge is 0.351 e. The first-order chi connectivity index (χ1) is 12.6. The highest BCUT2D eigenvalue weighted by Gasteiger charge is 2.15. The van der Waals surface area contributed by atoms with Crippen LogP contribution in [0.25, 0.3) is 11.3 Å². The van der Waals surface area contributed by atoms with Crippen LogP contribution in [0.3, 0.4) is 0 Å². The van der Waals surface area contributed by atoms with Crippen LogP contribution >= 0.6 is 11.8 Å². The van der Waals surface area contributed by atoms with E-state index in [0.29, 0.717) is 40.4 Å². The third-order valence-corrected chi connectivity index (χ3v) is 4.77. The van der Waals surface area contributed by atoms with Gasteiger partial charge in [-0.05, 0) is 35.9 Å². The van der Waals surface area contributed by atoms with Crippen LogP contribution in [0.2, 0.25) is 0 Å². The summed E-state index contributed by atoms with van der Waals surface area (Å²) in [5.74, 6) is 0.390. The molecule has 2 aromatic carbocycles. The molecule has 1 amide bonds. The van der Waals surface area contributed by atoms with Crippen LogP contribution in [0.5, 0.6) is 0 Å². The Labute approximate surface area is 154 Å². The van der Waals surface area contributed by atoms with Crippen molar-refractivity contribution in [3.05, 3.63) is 77.5 Å². The summed E-state index contributed by atoms with van der Waals surface area (Å²) in [6.45, 7) is 0.450. The van der Waals surface area contributed by atoms with Gasteiger partial charge in [0.05, 0.1) is 17.5 Å². The van der Waals surface area contributed by atoms with E-state index in [-0.39, 0.29) is 17.5 Å². The van der Waals surface area contributed by atoms with Gasteiger partial charge in [-0.3, -0.25) is 9.89 Å². The first-order valence-corrected chi connectivity index (χ1v) is 9.19. The fourth-order valence-corrected chi connectivity index (χ4v) is 3.27. The molecule has 0 unspecified atom stereocenters. The molecule has 3 rings (SSSR count). The van der Waals surface area contributed by atoms with Gasteiger partial charge >= 0.3 is 0 Å². The Morgan fingerprint density at radius 3 is 2.65 bits per heavy atom. The minimum atomic E-state index is -0.342. The van der Waals surface area contributed by atoms with E-state index in [1.807, 2.05) is 0 Å². The van der Waals surface area contributed by atoms with Crippen molar-refractivity contribution in [3.8, 4) is 11.3 Å². The summed E-state index contributed by atoms with van der Waals surface area (Å²) in [6, 6.07) is 12.5. The number of halogens is 2. The molecule has 1 aromatic heterocycles. The molecule has 0 atom stereocenters. The molecule has 3 aromatic rings. The van der Waals surface area contributed by atoms with Crippen molar-refractivity contribution in [1.29, 1.82) is 0 Å². The maximum atomic E-state index is 13.5. The maximum absolute atomic E-state index is 13.5. The van der Waals surface area contributed by atoms with Crippen molar-refractivity contribution in [3.63, 3.8) is 0 Å². The Hall–Kier alpha value is -2.67. The van der Waals surface area contributed by atoms with E-state index in [1.54, 1.807) is 42.1 Å². The number of benzene rings is 2. The van der Waals surface area contributed by atoms with Crippen molar-refractivity contribution in [2.45, 2.75) is 5.75 Å². The zero-order chi connectivity index (χ0) is 18.4. The van der Waals surface area contributed by atoms with Crippen LogP contribution in [-0.2, 0) is 5.75 Å². The number of carbonyl (C=O) groups is 1. The monoisotopic (exact) mass is 373 g/mol. The molecule has 0 saturated carbocycles. The molecule has 134 valence electrons. The number of carbonyl (C=O) groups excluding carboxylic acids is 1. The van der Waals surface area contributed by atoms with Crippen molar-refractivity contribution >= 4 is 17.7 Å². The number of rotatable bonds is 7. The molecule has 0 aliphatic carbocycles. The lowest BCUT2D eigenvalue weighted by molar-refractivity contribution is 0.0957. The van der Waals surface area contributed by atoms with Crippen LogP contribution in [0.15, 0.2) is 54.7 Å². The molecule has 26 heavy (non-hydrogen) atoms. The Morgan fingerprint density at radius 2 is 1.88 bits per heavy atom. The van der Waals surface area contributed by atoms with Gasteiger partial charge in [-0.15, -0.1) is 0 Å². The van der Waals surface area contributed by atoms with Crippen molar-refractivity contribution < 1.29 is 13.6 Å². The molecule has 7 heteroatoms. The molecule has 0 aliphatic heterocycles. The molecular weight excluding hydrogens is 356 g/mol. The minimum absolute atomic E-state index is 0.216. The van der Waals surface area contributed by atoms with E-state index in [2.05, 4.69) is 15.5 Å². The molecule has 0 bridgehead atoms. The Kier molecular flexibility index (Phi) is 6.01. The summed E-state index contributed by atoms with van der Waals surface area (Å²) in [5, 5.41) is 9.50. The standard InChI is InChI=1S/C19H17F2N3OS/c20-15-7-5-13(6-8-15)18-16(11-23-24-18)19(25)22-9-10-26-12-14-3-1-2-4-17(14)21/h1-8,11H,9-10,12H2,(H,22,25)(H,23,24). The van der Waals surface area contributed by atoms with E-state index in [1.165, 1.54) is 24.4 Å². The maximum Gasteiger partial charge on any atom is 0.255 e. The number of thioether (sulfide) groups is 1. The predicted octanol–water partition coefficient (Wildman–Crippen LogP) is 4.02. The zero-order valence-electron chi connectivity index (χ0n) is 13.8. The summed E-state index contributed by atoms with van der Waals surface area (Å²) in [4.78, 5) is 12.3. The van der Waals surface area contributed by atoms with E-state index < -0.39 is 0 Å². The first-order valence-electron chi connectivity index (χ1n) is 8.04. The Balaban J connectivity index is 1.51. The van der Waals surface area contributed by atoms with Gasteiger partial charge in [-0.2, -0.15) is 16.9 Å². The third kappa shape index (κ3) is 4.49. The normalized spacial score (nSPS) is 10.7. The van der Waals surface area contributed by atoms with Gasteiger partial charge in [0.25, 0.3) is 5.91 Å². The summed E-state index contributed by atoms with van der Waals surface area (Å²) >= 11 is 1.54. The van der Waals surface area contributed by atoms with E-state index >= 15 is 0 Å². The number of aromatic amines is 1. The van der Waals surface area contributed by atoms with E-state index in [4.69, 9.17) is 0 Å². The highest BCUT2D eigenvalue weighted by atomic mass is 32.2. The summed E-state index contributed by atoms with van der Waals surface area (Å²) in [7, 11) is 0. The van der Waals surface area contributed by atoms with Crippen LogP contribution in [0.1, 0.15) is 15.9 Å². The van der Waals surface area contributed by atoms with Gasteiger partial charge in [-0.25, -0.2) is 8.78 Å². The third-order valence-electron chi connectivity index (χ3n) is 3.76. The van der Waals surface area contributed by atoms with Gasteiger partial charge in [0.1, 0.15) is 11.6 Å². The number of nitrogens with zero attached hydrogens (tertiary/aromatic N) is 1. The number of hydrogen-bond donors (Lipinski definition) is 2. The SMILES string of the molecule is O=C(NCCSCc1ccccc1F)c1cn[nH]c1-c1ccc(F)cc1. The fourth-order valence-electron chi connectivity index (χ4n) is 2.42. The Morgan fingerprint density at radius 1 is 1.12 bits per heavy atom. The average molecular weight is 373 g/mol. The van der Waals surface area contributed by atoms with Gasteiger partial charge in [0, 0.05) is 23.6 Å². The van der Waals surface area contributed by atoms with E-state index in [0.717, 1.165) is 0 Å². The van der Waals surface area contributed by atoms with Crippen molar-refractivity contribution in [2.75, 3.05) is 12.3 Å². The highest BCUT2D eigenvalue weighted by molar-refractivity contribution is 7.98. The predicted molar refractivity (Wildman–Crippen MR) is 98.9 cm³/mol. The number of hydrogen-bond acceptors (Lipinski definition) is 3. The number of aromatic nitrogens is 2. The van der Waals surface area contributed by atoms with Crippen LogP contribution in [-0.4, -0.2) is 28.4 Å². The first kappa shape index (κ1) is 18.1. The smallest absolute Gasteiger partial charge is 0.255 e. The summed E-state index contributed by atoms with van der Waals surface area (Å²) in [6.07, 6.45) is 1.44. The number of H-pyrrole nitrogens is 1. The molecule has 0 spiro atoms. The lowest BCUT2D eigenvalue weighted by Crippen LogP contribution is -2.25. The summed E-state index contributed by atoms with van der Waals surface area (Å²) < 4.78 is 26.6. The molecule has 0 radical (unpaired) electrons. The zero-order valence-corrected chi connectivity index (χ0v) is 14.7. The topological polar surface area (TPSA) is 57.8 Å². The van der Waals surface area contributed by atoms with Crippen LogP contribution in [0, 0.1) is 11.6 Å².